The summed E-state index contributed by atoms with van der Waals surface area (Å²) >= 11 is 0. The van der Waals surface area contributed by atoms with Crippen molar-refractivity contribution in [3.8, 4) is 0 Å². The molecule has 0 saturated heterocycles. The fourth-order valence-electron chi connectivity index (χ4n) is 1.14. The molecule has 0 aliphatic heterocycles. The summed E-state index contributed by atoms with van der Waals surface area (Å²) in [6, 6.07) is 0. The van der Waals surface area contributed by atoms with E-state index in [1.165, 1.54) is 5.57 Å². The van der Waals surface area contributed by atoms with Crippen molar-refractivity contribution >= 4 is 0 Å². The Morgan fingerprint density at radius 1 is 0.913 bits per heavy atom. The summed E-state index contributed by atoms with van der Waals surface area (Å²) < 4.78 is 0. The molecule has 0 atom stereocenters. The minimum atomic E-state index is 0. The van der Waals surface area contributed by atoms with E-state index in [1.54, 1.807) is 21.1 Å². The maximum Gasteiger partial charge on any atom is 4.00 e. The van der Waals surface area contributed by atoms with E-state index in [-0.39, 0.29) is 21.7 Å². The van der Waals surface area contributed by atoms with Crippen LogP contribution >= 0.6 is 0 Å². The maximum absolute atomic E-state index is 3.74. The van der Waals surface area contributed by atoms with Crippen molar-refractivity contribution in [3.05, 3.63) is 39.8 Å². The molecule has 3 nitrogen and oxygen atoms in total. The Balaban J connectivity index is -0.000000118. The van der Waals surface area contributed by atoms with Crippen LogP contribution in [0, 0.1) is 11.5 Å². The average Bonchev–Trinajstić information content (AvgIpc) is 2.98. The van der Waals surface area contributed by atoms with Crippen LogP contribution in [0.1, 0.15) is 54.4 Å². The number of rotatable bonds is 4. The van der Waals surface area contributed by atoms with Crippen molar-refractivity contribution in [1.29, 1.82) is 0 Å². The smallest absolute Gasteiger partial charge is 0.665 e. The third kappa shape index (κ3) is 39.1. The van der Waals surface area contributed by atoms with Crippen molar-refractivity contribution in [3.63, 3.8) is 0 Å². The topological polar surface area (TPSA) is 42.3 Å². The van der Waals surface area contributed by atoms with Crippen molar-refractivity contribution in [2.24, 2.45) is 5.41 Å². The molecule has 0 saturated carbocycles. The molecule has 0 aromatic carbocycles. The van der Waals surface area contributed by atoms with E-state index in [0.717, 1.165) is 32.5 Å². The van der Waals surface area contributed by atoms with Gasteiger partial charge in [-0.2, -0.15) is 46.9 Å². The largest absolute Gasteiger partial charge is 4.00 e. The molecule has 1 aliphatic carbocycles. The van der Waals surface area contributed by atoms with E-state index < -0.39 is 0 Å². The first kappa shape index (κ1) is 30.9. The van der Waals surface area contributed by atoms with Crippen LogP contribution in [0.15, 0.2) is 17.7 Å². The van der Waals surface area contributed by atoms with E-state index in [2.05, 4.69) is 54.9 Å². The van der Waals surface area contributed by atoms with E-state index in [4.69, 9.17) is 0 Å². The van der Waals surface area contributed by atoms with E-state index >= 15 is 0 Å². The van der Waals surface area contributed by atoms with Crippen molar-refractivity contribution in [2.45, 2.75) is 54.4 Å². The zero-order valence-corrected chi connectivity index (χ0v) is 18.6. The summed E-state index contributed by atoms with van der Waals surface area (Å²) in [5, 5.41) is 11.2. The molecule has 1 aliphatic rings. The SMILES string of the molecule is CC(C)(C)CC1=[C-]CC=C1.CC[N-]C.CC[N-]C.CC[N-]C.[Ti+4]. The third-order valence-corrected chi connectivity index (χ3v) is 2.44. The molecule has 0 fully saturated rings. The Hall–Kier alpha value is 0.0743. The molecule has 0 heterocycles. The Bertz CT molecular complexity index is 240. The second kappa shape index (κ2) is 24.3. The first-order valence-corrected chi connectivity index (χ1v) is 8.25. The molecular formula is C19H39N3Ti. The minimum absolute atomic E-state index is 0. The van der Waals surface area contributed by atoms with Gasteiger partial charge in [0.05, 0.1) is 0 Å². The van der Waals surface area contributed by atoms with Gasteiger partial charge in [0.2, 0.25) is 0 Å². The van der Waals surface area contributed by atoms with Gasteiger partial charge in [-0.05, 0) is 5.41 Å². The van der Waals surface area contributed by atoms with Crippen LogP contribution in [0.5, 0.6) is 0 Å². The fourth-order valence-corrected chi connectivity index (χ4v) is 1.14. The van der Waals surface area contributed by atoms with Gasteiger partial charge in [-0.15, -0.1) is 6.42 Å². The van der Waals surface area contributed by atoms with Crippen molar-refractivity contribution in [2.75, 3.05) is 40.8 Å². The molecule has 0 radical (unpaired) electrons. The Morgan fingerprint density at radius 3 is 1.43 bits per heavy atom. The quantitative estimate of drug-likeness (QED) is 0.428. The summed E-state index contributed by atoms with van der Waals surface area (Å²) in [5.41, 5.74) is 1.80. The van der Waals surface area contributed by atoms with Crippen LogP contribution in [0.4, 0.5) is 0 Å². The van der Waals surface area contributed by atoms with Crippen LogP contribution in [0.3, 0.4) is 0 Å². The van der Waals surface area contributed by atoms with Gasteiger partial charge in [0.1, 0.15) is 0 Å². The van der Waals surface area contributed by atoms with Gasteiger partial charge >= 0.3 is 21.7 Å². The molecule has 1 rings (SSSR count). The molecule has 4 heteroatoms. The monoisotopic (exact) mass is 357 g/mol. The van der Waals surface area contributed by atoms with E-state index in [1.807, 2.05) is 20.8 Å². The summed E-state index contributed by atoms with van der Waals surface area (Å²) in [6.45, 7) is 15.6. The van der Waals surface area contributed by atoms with Crippen molar-refractivity contribution in [1.82, 2.24) is 0 Å². The van der Waals surface area contributed by atoms with Gasteiger partial charge < -0.3 is 16.0 Å². The van der Waals surface area contributed by atoms with E-state index in [0.29, 0.717) is 5.41 Å². The molecular weight excluding hydrogens is 318 g/mol. The second-order valence-corrected chi connectivity index (χ2v) is 5.94. The molecule has 23 heavy (non-hydrogen) atoms. The maximum atomic E-state index is 3.74. The zero-order chi connectivity index (χ0) is 17.9. The zero-order valence-electron chi connectivity index (χ0n) is 17.0. The minimum Gasteiger partial charge on any atom is -0.665 e. The molecule has 0 amide bonds. The summed E-state index contributed by atoms with van der Waals surface area (Å²) in [4.78, 5) is 0. The first-order chi connectivity index (χ1) is 10.3. The summed E-state index contributed by atoms with van der Waals surface area (Å²) in [7, 11) is 5.42. The number of hydrogen-bond acceptors (Lipinski definition) is 0. The molecule has 0 aromatic rings. The standard InChI is InChI=1S/C10H15.3C3H8N.Ti/c1-10(2,3)8-9-6-4-5-7-9;3*1-3-4-2;/h4,6H,5,8H2,1-3H3;3*3H2,1-2H3;/q4*-1;+4. The van der Waals surface area contributed by atoms with Gasteiger partial charge in [-0.25, -0.2) is 11.6 Å². The molecule has 0 N–H and O–H groups in total. The number of hydrogen-bond donors (Lipinski definition) is 0. The van der Waals surface area contributed by atoms with E-state index in [9.17, 15) is 0 Å². The Labute approximate surface area is 162 Å². The van der Waals surface area contributed by atoms with Gasteiger partial charge in [-0.3, -0.25) is 6.08 Å². The molecule has 0 aromatic heterocycles. The van der Waals surface area contributed by atoms with Crippen LogP contribution in [0.2, 0.25) is 0 Å². The Morgan fingerprint density at radius 2 is 1.26 bits per heavy atom. The van der Waals surface area contributed by atoms with Crippen LogP contribution in [-0.4, -0.2) is 40.8 Å². The predicted molar refractivity (Wildman–Crippen MR) is 104 cm³/mol. The molecule has 0 unspecified atom stereocenters. The molecule has 0 spiro atoms. The van der Waals surface area contributed by atoms with Gasteiger partial charge in [-0.1, -0.05) is 48.0 Å². The van der Waals surface area contributed by atoms with Crippen LogP contribution in [-0.2, 0) is 21.7 Å². The molecule has 134 valence electrons. The number of allylic oxidation sites excluding steroid dienone is 4. The van der Waals surface area contributed by atoms with Crippen LogP contribution in [0.25, 0.3) is 16.0 Å². The summed E-state index contributed by atoms with van der Waals surface area (Å²) in [5.74, 6) is 0. The third-order valence-electron chi connectivity index (χ3n) is 2.44. The van der Waals surface area contributed by atoms with Gasteiger partial charge in [0, 0.05) is 0 Å². The Kier molecular flexibility index (Phi) is 32.7. The fraction of sp³-hybridized carbons (Fsp3) is 0.789. The normalized spacial score (nSPS) is 11.6. The van der Waals surface area contributed by atoms with Gasteiger partial charge in [0.25, 0.3) is 0 Å². The average molecular weight is 357 g/mol. The second-order valence-electron chi connectivity index (χ2n) is 5.94. The van der Waals surface area contributed by atoms with Gasteiger partial charge in [0.15, 0.2) is 0 Å². The summed E-state index contributed by atoms with van der Waals surface area (Å²) in [6.07, 6.45) is 9.85. The van der Waals surface area contributed by atoms with Crippen LogP contribution < -0.4 is 0 Å². The number of nitrogens with zero attached hydrogens (tertiary/aromatic N) is 3. The predicted octanol–water partition coefficient (Wildman–Crippen LogP) is 6.14. The van der Waals surface area contributed by atoms with Crippen molar-refractivity contribution < 1.29 is 21.7 Å². The first-order valence-electron chi connectivity index (χ1n) is 8.25. The molecule has 0 bridgehead atoms.